The molecule has 0 saturated heterocycles. The van der Waals surface area contributed by atoms with Crippen LogP contribution in [-0.2, 0) is 0 Å². The zero-order chi connectivity index (χ0) is 49.4. The van der Waals surface area contributed by atoms with E-state index in [-0.39, 0.29) is 0 Å². The third kappa shape index (κ3) is 23.2. The van der Waals surface area contributed by atoms with E-state index in [1.807, 2.05) is 110 Å². The molecule has 0 bridgehead atoms. The molecule has 0 heterocycles. The van der Waals surface area contributed by atoms with Crippen LogP contribution >= 0.6 is 0 Å². The zero-order valence-corrected chi connectivity index (χ0v) is 40.2. The first kappa shape index (κ1) is 55.5. The number of benzene rings is 6. The molecule has 15 nitrogen and oxygen atoms in total. The second-order valence-corrected chi connectivity index (χ2v) is 16.0. The van der Waals surface area contributed by atoms with Crippen molar-refractivity contribution in [1.29, 1.82) is 0 Å². The molecule has 0 radical (unpaired) electrons. The monoisotopic (exact) mass is 911 g/mol. The van der Waals surface area contributed by atoms with E-state index in [1.165, 1.54) is 6.42 Å². The molecular formula is C52H66N10O5. The van der Waals surface area contributed by atoms with Crippen LogP contribution in [-0.4, -0.2) is 39.3 Å². The fourth-order valence-electron chi connectivity index (χ4n) is 5.93. The van der Waals surface area contributed by atoms with Crippen molar-refractivity contribution in [2.45, 2.75) is 73.4 Å². The second kappa shape index (κ2) is 32.1. The first-order valence-electron chi connectivity index (χ1n) is 22.2. The Morgan fingerprint density at radius 1 is 0.418 bits per heavy atom. The Hall–Kier alpha value is -7.68. The Morgan fingerprint density at radius 3 is 1.10 bits per heavy atom. The molecule has 354 valence electrons. The van der Waals surface area contributed by atoms with Gasteiger partial charge in [0.15, 0.2) is 0 Å². The largest absolute Gasteiger partial charge is 0.383 e. The fraction of sp³-hybridized carbons (Fsp3) is 0.308. The molecule has 0 aliphatic heterocycles. The number of hydrogen-bond acceptors (Lipinski definition) is 15. The molecule has 6 rings (SSSR count). The van der Waals surface area contributed by atoms with Gasteiger partial charge in [-0.1, -0.05) is 32.0 Å². The molecule has 1 atom stereocenters. The van der Waals surface area contributed by atoms with Crippen LogP contribution in [0.5, 0.6) is 0 Å². The van der Waals surface area contributed by atoms with Gasteiger partial charge in [-0.2, -0.15) is 0 Å². The molecule has 0 saturated carbocycles. The van der Waals surface area contributed by atoms with E-state index in [0.717, 1.165) is 59.6 Å². The summed E-state index contributed by atoms with van der Waals surface area (Å²) in [5.74, 6) is 0.742. The van der Waals surface area contributed by atoms with Gasteiger partial charge >= 0.3 is 0 Å². The zero-order valence-electron chi connectivity index (χ0n) is 40.2. The summed E-state index contributed by atoms with van der Waals surface area (Å²) in [4.78, 5) is 54.9. The van der Waals surface area contributed by atoms with Gasteiger partial charge in [-0.15, -0.1) is 24.5 Å². The summed E-state index contributed by atoms with van der Waals surface area (Å²) < 4.78 is 0. The number of para-hydroxylation sites is 1. The summed E-state index contributed by atoms with van der Waals surface area (Å²) in [6.07, 6.45) is 2.38. The normalized spacial score (nSPS) is 10.3. The van der Waals surface area contributed by atoms with Crippen LogP contribution in [0.2, 0.25) is 0 Å². The van der Waals surface area contributed by atoms with E-state index in [1.54, 1.807) is 60.7 Å². The molecule has 15 heteroatoms. The van der Waals surface area contributed by atoms with Gasteiger partial charge in [-0.05, 0) is 213 Å². The number of hydrogen-bond donors (Lipinski definition) is 3. The van der Waals surface area contributed by atoms with Crippen molar-refractivity contribution in [3.63, 3.8) is 0 Å². The smallest absolute Gasteiger partial charge is 0.108 e. The number of nitroso groups, excluding NO2 is 5. The molecule has 67 heavy (non-hydrogen) atoms. The maximum absolute atomic E-state index is 10.2. The Kier molecular flexibility index (Phi) is 26.5. The van der Waals surface area contributed by atoms with Crippen LogP contribution in [0.1, 0.15) is 61.3 Å². The van der Waals surface area contributed by atoms with Gasteiger partial charge in [0.25, 0.3) is 0 Å². The highest BCUT2D eigenvalue weighted by Gasteiger charge is 2.04. The Balaban J connectivity index is 0.000000289. The van der Waals surface area contributed by atoms with Gasteiger partial charge in [0.2, 0.25) is 0 Å². The highest BCUT2D eigenvalue weighted by molar-refractivity contribution is 5.61. The average molecular weight is 911 g/mol. The van der Waals surface area contributed by atoms with E-state index in [9.17, 15) is 24.5 Å². The fourth-order valence-corrected chi connectivity index (χ4v) is 5.93. The molecule has 0 aliphatic rings. The summed E-state index contributed by atoms with van der Waals surface area (Å²) in [7, 11) is 3.90. The lowest BCUT2D eigenvalue weighted by Gasteiger charge is -2.20. The molecule has 0 fully saturated rings. The van der Waals surface area contributed by atoms with Crippen molar-refractivity contribution in [3.8, 4) is 0 Å². The Morgan fingerprint density at radius 2 is 0.761 bits per heavy atom. The van der Waals surface area contributed by atoms with Crippen LogP contribution in [0.4, 0.5) is 62.6 Å². The molecule has 3 N–H and O–H groups in total. The van der Waals surface area contributed by atoms with Crippen molar-refractivity contribution in [2.24, 2.45) is 31.8 Å². The van der Waals surface area contributed by atoms with E-state index in [4.69, 9.17) is 0 Å². The molecule has 1 unspecified atom stereocenters. The Bertz CT molecular complexity index is 2270. The standard InChI is InChI=1S/C13H20N2O.C12H10N2O.C10H14N2O.C9H12N2O.C8H10N2O/c1-10(2)4-5-11(3)14-12-6-8-13(15-16)9-7-12;15-14-12-8-6-11(7-9-12)13-10-4-2-1-3-5-10;1-3-12(4-2)10-7-5-9(11-13)6-8-10;1-7(2)10-8-3-5-9(11-12)6-4-8;1-10(2)8-5-3-7(9-11)4-6-8/h6-11,14H,4-5H2,1-3H3;1-9,13H;5-8H,3-4H2,1-2H3;3-7,10H,1-2H3;3-6H,1-2H3. The number of nitrogens with one attached hydrogen (secondary N) is 3. The molecule has 6 aromatic carbocycles. The van der Waals surface area contributed by atoms with Gasteiger partial charge in [-0.25, -0.2) is 0 Å². The van der Waals surface area contributed by atoms with E-state index < -0.39 is 0 Å². The first-order valence-corrected chi connectivity index (χ1v) is 22.2. The minimum absolute atomic E-state index is 0.403. The summed E-state index contributed by atoms with van der Waals surface area (Å²) in [6.45, 7) is 16.9. The topological polar surface area (TPSA) is 190 Å². The van der Waals surface area contributed by atoms with Gasteiger partial charge in [-0.3, -0.25) is 0 Å². The highest BCUT2D eigenvalue weighted by Crippen LogP contribution is 2.22. The van der Waals surface area contributed by atoms with Crippen molar-refractivity contribution < 1.29 is 0 Å². The van der Waals surface area contributed by atoms with Crippen LogP contribution in [0.25, 0.3) is 0 Å². The lowest BCUT2D eigenvalue weighted by Crippen LogP contribution is -2.21. The SMILES string of the molecule is CC(C)CCC(C)Nc1ccc(N=O)cc1.CC(C)Nc1ccc(N=O)cc1.CCN(CC)c1ccc(N=O)cc1.CN(C)c1ccc(N=O)cc1.O=Nc1ccc(Nc2ccccc2)cc1. The van der Waals surface area contributed by atoms with Crippen molar-refractivity contribution in [1.82, 2.24) is 0 Å². The summed E-state index contributed by atoms with van der Waals surface area (Å²) in [6, 6.07) is 46.4. The maximum atomic E-state index is 10.2. The maximum Gasteiger partial charge on any atom is 0.108 e. The van der Waals surface area contributed by atoms with Crippen molar-refractivity contribution in [2.75, 3.05) is 52.9 Å². The third-order valence-corrected chi connectivity index (χ3v) is 9.58. The summed E-state index contributed by atoms with van der Waals surface area (Å²) in [5.41, 5.74) is 8.54. The van der Waals surface area contributed by atoms with E-state index >= 15 is 0 Å². The Labute approximate surface area is 395 Å². The third-order valence-electron chi connectivity index (χ3n) is 9.58. The predicted molar refractivity (Wildman–Crippen MR) is 283 cm³/mol. The molecule has 6 aromatic rings. The molecule has 0 spiro atoms. The van der Waals surface area contributed by atoms with Crippen LogP contribution in [0.3, 0.4) is 0 Å². The molecule has 0 amide bonds. The van der Waals surface area contributed by atoms with Crippen LogP contribution in [0.15, 0.2) is 178 Å². The minimum atomic E-state index is 0.403. The molecule has 0 aromatic heterocycles. The average Bonchev–Trinajstić information content (AvgIpc) is 3.35. The van der Waals surface area contributed by atoms with Gasteiger partial charge < -0.3 is 25.8 Å². The van der Waals surface area contributed by atoms with Crippen LogP contribution < -0.4 is 25.8 Å². The van der Waals surface area contributed by atoms with Crippen LogP contribution in [0, 0.1) is 30.5 Å². The van der Waals surface area contributed by atoms with Crippen molar-refractivity contribution in [3.05, 3.63) is 176 Å². The highest BCUT2D eigenvalue weighted by atomic mass is 16.3. The van der Waals surface area contributed by atoms with Crippen molar-refractivity contribution >= 4 is 62.6 Å². The van der Waals surface area contributed by atoms with E-state index in [2.05, 4.69) is 95.2 Å². The second-order valence-electron chi connectivity index (χ2n) is 16.0. The summed E-state index contributed by atoms with van der Waals surface area (Å²) >= 11 is 0. The number of rotatable bonds is 18. The lowest BCUT2D eigenvalue weighted by molar-refractivity contribution is 0.528. The van der Waals surface area contributed by atoms with E-state index in [0.29, 0.717) is 40.5 Å². The quantitative estimate of drug-likeness (QED) is 0.0700. The number of anilines is 6. The molecule has 0 aliphatic carbocycles. The number of nitrogens with zero attached hydrogens (tertiary/aromatic N) is 7. The molecular weight excluding hydrogens is 845 g/mol. The lowest BCUT2D eigenvalue weighted by atomic mass is 10.0. The van der Waals surface area contributed by atoms with Gasteiger partial charge in [0, 0.05) is 73.4 Å². The van der Waals surface area contributed by atoms with Gasteiger partial charge in [0.1, 0.15) is 28.4 Å². The van der Waals surface area contributed by atoms with Gasteiger partial charge in [0.05, 0.1) is 0 Å². The summed E-state index contributed by atoms with van der Waals surface area (Å²) in [5, 5.41) is 24.0. The first-order chi connectivity index (χ1) is 32.3. The predicted octanol–water partition coefficient (Wildman–Crippen LogP) is 16.1. The minimum Gasteiger partial charge on any atom is -0.383 e.